The summed E-state index contributed by atoms with van der Waals surface area (Å²) >= 11 is 0. The van der Waals surface area contributed by atoms with Gasteiger partial charge in [0.05, 0.1) is 11.8 Å². The highest BCUT2D eigenvalue weighted by Crippen LogP contribution is 2.48. The van der Waals surface area contributed by atoms with E-state index >= 15 is 0 Å². The molecule has 1 amide bonds. The number of aliphatic hydroxyl groups is 1. The molecule has 2 saturated carbocycles. The van der Waals surface area contributed by atoms with Gasteiger partial charge in [0, 0.05) is 29.3 Å². The van der Waals surface area contributed by atoms with Crippen molar-refractivity contribution in [3.8, 4) is 11.1 Å². The highest BCUT2D eigenvalue weighted by Gasteiger charge is 2.47. The monoisotopic (exact) mass is 452 g/mol. The van der Waals surface area contributed by atoms with Crippen molar-refractivity contribution in [3.05, 3.63) is 60.2 Å². The molecule has 2 N–H and O–H groups in total. The summed E-state index contributed by atoms with van der Waals surface area (Å²) in [5, 5.41) is 20.5. The molecule has 1 aromatic heterocycles. The van der Waals surface area contributed by atoms with Crippen molar-refractivity contribution in [1.82, 2.24) is 9.88 Å². The molecule has 0 spiro atoms. The van der Waals surface area contributed by atoms with E-state index in [1.54, 1.807) is 17.2 Å². The molecule has 0 bridgehead atoms. The fraction of sp³-hybridized carbons (Fsp3) is 0.481. The van der Waals surface area contributed by atoms with Gasteiger partial charge in [0.25, 0.3) is 0 Å². The van der Waals surface area contributed by atoms with Gasteiger partial charge in [-0.1, -0.05) is 24.3 Å². The van der Waals surface area contributed by atoms with E-state index in [0.29, 0.717) is 18.3 Å². The van der Waals surface area contributed by atoms with Gasteiger partial charge in [-0.05, 0) is 88.1 Å². The van der Waals surface area contributed by atoms with Crippen LogP contribution in [0.4, 0.5) is 9.18 Å². The van der Waals surface area contributed by atoms with Crippen LogP contribution in [0.3, 0.4) is 0 Å². The second-order valence-electron chi connectivity index (χ2n) is 10.4. The molecular formula is C27H33FN2O3. The molecule has 5 atom stereocenters. The Balaban J connectivity index is 1.43. The first-order chi connectivity index (χ1) is 15.6. The van der Waals surface area contributed by atoms with Crippen LogP contribution in [0.2, 0.25) is 0 Å². The van der Waals surface area contributed by atoms with Crippen LogP contribution in [0.15, 0.2) is 48.7 Å². The highest BCUT2D eigenvalue weighted by molar-refractivity contribution is 5.66. The van der Waals surface area contributed by atoms with Gasteiger partial charge in [-0.3, -0.25) is 4.98 Å². The maximum absolute atomic E-state index is 13.5. The molecule has 2 fully saturated rings. The van der Waals surface area contributed by atoms with E-state index in [1.807, 2.05) is 45.0 Å². The number of fused-ring (bicyclic) bond motifs is 1. The van der Waals surface area contributed by atoms with Gasteiger partial charge in [-0.25, -0.2) is 9.18 Å². The molecule has 176 valence electrons. The van der Waals surface area contributed by atoms with Crippen LogP contribution in [0.5, 0.6) is 0 Å². The number of nitrogens with zero attached hydrogens (tertiary/aromatic N) is 2. The summed E-state index contributed by atoms with van der Waals surface area (Å²) in [5.74, 6) is 0.453. The number of hydrogen-bond acceptors (Lipinski definition) is 3. The molecule has 6 heteroatoms. The van der Waals surface area contributed by atoms with E-state index in [9.17, 15) is 19.4 Å². The first kappa shape index (κ1) is 23.4. The summed E-state index contributed by atoms with van der Waals surface area (Å²) in [6, 6.07) is 10.3. The maximum Gasteiger partial charge on any atom is 0.407 e. The normalized spacial score (nSPS) is 27.5. The van der Waals surface area contributed by atoms with E-state index in [-0.39, 0.29) is 17.8 Å². The predicted molar refractivity (Wildman–Crippen MR) is 127 cm³/mol. The molecule has 4 rings (SSSR count). The second-order valence-corrected chi connectivity index (χ2v) is 10.4. The Kier molecular flexibility index (Phi) is 6.57. The zero-order valence-electron chi connectivity index (χ0n) is 19.5. The molecule has 2 aliphatic carbocycles. The lowest BCUT2D eigenvalue weighted by Gasteiger charge is -2.44. The summed E-state index contributed by atoms with van der Waals surface area (Å²) < 4.78 is 13.5. The zero-order valence-corrected chi connectivity index (χ0v) is 19.5. The molecule has 1 heterocycles. The van der Waals surface area contributed by atoms with E-state index < -0.39 is 17.7 Å². The molecule has 1 aromatic carbocycles. The fourth-order valence-electron chi connectivity index (χ4n) is 5.84. The minimum Gasteiger partial charge on any atom is -0.465 e. The van der Waals surface area contributed by atoms with Crippen molar-refractivity contribution >= 4 is 12.2 Å². The van der Waals surface area contributed by atoms with Crippen molar-refractivity contribution in [2.24, 2.45) is 17.8 Å². The lowest BCUT2D eigenvalue weighted by molar-refractivity contribution is 0.0374. The number of carboxylic acid groups (broad SMARTS) is 1. The molecule has 0 saturated heterocycles. The smallest absolute Gasteiger partial charge is 0.407 e. The standard InChI is InChI=1S/C27H33FN2O3/c1-27(2,3)30(26(32)33)22-10-12-23-19(14-22)15-25(31)24(23)11-9-21-8-7-18(16-29-21)17-5-4-6-20(28)13-17/h4-9,11,13,16,19,22-25,31H,10,12,14-15H2,1-3H3,(H,32,33)/t19-,22?,23-,24+,25-/m1/s1. The summed E-state index contributed by atoms with van der Waals surface area (Å²) in [6.07, 6.45) is 7.71. The number of amides is 1. The molecule has 2 aromatic rings. The predicted octanol–water partition coefficient (Wildman–Crippen LogP) is 5.85. The van der Waals surface area contributed by atoms with E-state index in [4.69, 9.17) is 0 Å². The Labute approximate surface area is 195 Å². The summed E-state index contributed by atoms with van der Waals surface area (Å²) in [4.78, 5) is 18.0. The molecule has 1 unspecified atom stereocenters. The van der Waals surface area contributed by atoms with E-state index in [1.165, 1.54) is 12.1 Å². The molecule has 5 nitrogen and oxygen atoms in total. The molecule has 0 aliphatic heterocycles. The average Bonchev–Trinajstić information content (AvgIpc) is 3.05. The Bertz CT molecular complexity index is 1010. The van der Waals surface area contributed by atoms with E-state index in [2.05, 4.69) is 11.1 Å². The number of carbonyl (C=O) groups is 1. The first-order valence-corrected chi connectivity index (χ1v) is 11.7. The summed E-state index contributed by atoms with van der Waals surface area (Å²) in [7, 11) is 0. The second kappa shape index (κ2) is 9.26. The van der Waals surface area contributed by atoms with Crippen LogP contribution in [0.25, 0.3) is 17.2 Å². The van der Waals surface area contributed by atoms with Gasteiger partial charge < -0.3 is 15.1 Å². The third kappa shape index (κ3) is 5.11. The quantitative estimate of drug-likeness (QED) is 0.611. The van der Waals surface area contributed by atoms with Crippen molar-refractivity contribution in [2.75, 3.05) is 0 Å². The van der Waals surface area contributed by atoms with Gasteiger partial charge in [0.2, 0.25) is 0 Å². The number of rotatable bonds is 4. The van der Waals surface area contributed by atoms with Crippen LogP contribution >= 0.6 is 0 Å². The maximum atomic E-state index is 13.5. The SMILES string of the molecule is CC(C)(C)N(C(=O)O)C1CC[C@@H]2[C@H](C1)C[C@@H](O)[C@H]2C=Cc1ccc(-c2cccc(F)c2)cn1. The van der Waals surface area contributed by atoms with Crippen molar-refractivity contribution in [3.63, 3.8) is 0 Å². The van der Waals surface area contributed by atoms with Gasteiger partial charge in [-0.2, -0.15) is 0 Å². The van der Waals surface area contributed by atoms with Crippen molar-refractivity contribution in [1.29, 1.82) is 0 Å². The molecule has 33 heavy (non-hydrogen) atoms. The molecule has 2 aliphatic rings. The van der Waals surface area contributed by atoms with Crippen LogP contribution in [0.1, 0.15) is 52.1 Å². The Hall–Kier alpha value is -2.73. The number of hydrogen-bond donors (Lipinski definition) is 2. The Morgan fingerprint density at radius 2 is 1.94 bits per heavy atom. The lowest BCUT2D eigenvalue weighted by atomic mass is 9.74. The topological polar surface area (TPSA) is 73.7 Å². The summed E-state index contributed by atoms with van der Waals surface area (Å²) in [5.41, 5.74) is 2.00. The van der Waals surface area contributed by atoms with Crippen molar-refractivity contribution < 1.29 is 19.4 Å². The van der Waals surface area contributed by atoms with Gasteiger partial charge in [0.1, 0.15) is 5.82 Å². The number of aliphatic hydroxyl groups excluding tert-OH is 1. The number of halogens is 1. The number of pyridine rings is 1. The third-order valence-corrected chi connectivity index (χ3v) is 7.22. The minimum atomic E-state index is -0.867. The average molecular weight is 453 g/mol. The molecular weight excluding hydrogens is 419 g/mol. The summed E-state index contributed by atoms with van der Waals surface area (Å²) in [6.45, 7) is 5.82. The van der Waals surface area contributed by atoms with Gasteiger partial charge >= 0.3 is 6.09 Å². The zero-order chi connectivity index (χ0) is 23.8. The fourth-order valence-corrected chi connectivity index (χ4v) is 5.84. The van der Waals surface area contributed by atoms with Gasteiger partial charge in [0.15, 0.2) is 0 Å². The highest BCUT2D eigenvalue weighted by atomic mass is 19.1. The third-order valence-electron chi connectivity index (χ3n) is 7.22. The number of benzene rings is 1. The van der Waals surface area contributed by atoms with Gasteiger partial charge in [-0.15, -0.1) is 0 Å². The van der Waals surface area contributed by atoms with Crippen LogP contribution in [-0.2, 0) is 0 Å². The first-order valence-electron chi connectivity index (χ1n) is 11.7. The van der Waals surface area contributed by atoms with Crippen molar-refractivity contribution in [2.45, 2.75) is 64.1 Å². The lowest BCUT2D eigenvalue weighted by Crippen LogP contribution is -2.53. The van der Waals surface area contributed by atoms with E-state index in [0.717, 1.165) is 36.1 Å². The largest absolute Gasteiger partial charge is 0.465 e. The van der Waals surface area contributed by atoms with Crippen LogP contribution < -0.4 is 0 Å². The van der Waals surface area contributed by atoms with Crippen LogP contribution in [0, 0.1) is 23.6 Å². The Morgan fingerprint density at radius 3 is 2.58 bits per heavy atom. The van der Waals surface area contributed by atoms with Crippen LogP contribution in [-0.4, -0.2) is 43.9 Å². The minimum absolute atomic E-state index is 0.00397. The Morgan fingerprint density at radius 1 is 1.15 bits per heavy atom. The molecule has 0 radical (unpaired) electrons. The number of aromatic nitrogens is 1.